The van der Waals surface area contributed by atoms with Crippen molar-refractivity contribution < 1.29 is 27.8 Å². The van der Waals surface area contributed by atoms with E-state index in [0.717, 1.165) is 6.07 Å². The molecule has 5 rings (SSSR count). The van der Waals surface area contributed by atoms with Gasteiger partial charge in [-0.15, -0.1) is 11.3 Å². The third kappa shape index (κ3) is 5.71. The maximum atomic E-state index is 14.6. The molecule has 2 aliphatic rings. The first-order chi connectivity index (χ1) is 20.2. The summed E-state index contributed by atoms with van der Waals surface area (Å²) in [5, 5.41) is 5.21. The molecular weight excluding hydrogens is 590 g/mol. The number of aryl methyl sites for hydroxylation is 1. The van der Waals surface area contributed by atoms with Gasteiger partial charge in [0.15, 0.2) is 28.2 Å². The second-order valence-electron chi connectivity index (χ2n) is 9.57. The minimum Gasteiger partial charge on any atom is -0.464 e. The van der Waals surface area contributed by atoms with Gasteiger partial charge in [0.25, 0.3) is 0 Å². The maximum absolute atomic E-state index is 14.6. The summed E-state index contributed by atoms with van der Waals surface area (Å²) in [5.41, 5.74) is 1.51. The van der Waals surface area contributed by atoms with E-state index in [2.05, 4.69) is 20.3 Å². The van der Waals surface area contributed by atoms with Gasteiger partial charge in [0.1, 0.15) is 11.9 Å². The number of thiazole rings is 1. The Morgan fingerprint density at radius 2 is 1.95 bits per heavy atom. The van der Waals surface area contributed by atoms with Crippen LogP contribution < -0.4 is 10.2 Å². The fourth-order valence-corrected chi connectivity index (χ4v) is 5.91. The van der Waals surface area contributed by atoms with Crippen molar-refractivity contribution in [2.45, 2.75) is 32.7 Å². The number of nitrogens with one attached hydrogen (secondary N) is 1. The highest BCUT2D eigenvalue weighted by molar-refractivity contribution is 7.11. The molecule has 10 nitrogen and oxygen atoms in total. The van der Waals surface area contributed by atoms with E-state index in [0.29, 0.717) is 54.0 Å². The Kier molecular flexibility index (Phi) is 8.78. The Labute approximate surface area is 249 Å². The first kappa shape index (κ1) is 29.5. The SMILES string of the molecule is CCOC(=O)C1=C(C2CCN(c3cnc(C(=O)OC)c(C)n3)CC2)NC(c2nccs2)=NC1c1ccc(F)c(F)c1Cl. The Morgan fingerprint density at radius 1 is 1.19 bits per heavy atom. The molecule has 42 heavy (non-hydrogen) atoms. The monoisotopic (exact) mass is 616 g/mol. The Bertz CT molecular complexity index is 1570. The number of anilines is 1. The van der Waals surface area contributed by atoms with E-state index >= 15 is 0 Å². The molecule has 14 heteroatoms. The second kappa shape index (κ2) is 12.5. The van der Waals surface area contributed by atoms with Crippen LogP contribution in [0.15, 0.2) is 46.2 Å². The number of allylic oxidation sites excluding steroid dienone is 1. The molecule has 1 atom stereocenters. The Balaban J connectivity index is 1.51. The zero-order chi connectivity index (χ0) is 30.0. The van der Waals surface area contributed by atoms with Crippen LogP contribution in [-0.2, 0) is 14.3 Å². The maximum Gasteiger partial charge on any atom is 0.358 e. The summed E-state index contributed by atoms with van der Waals surface area (Å²) in [6, 6.07) is 1.24. The first-order valence-electron chi connectivity index (χ1n) is 13.2. The number of nitrogens with zero attached hydrogens (tertiary/aromatic N) is 5. The van der Waals surface area contributed by atoms with Gasteiger partial charge in [0.05, 0.1) is 36.2 Å². The topological polar surface area (TPSA) is 119 Å². The van der Waals surface area contributed by atoms with Crippen molar-refractivity contribution in [2.75, 3.05) is 31.7 Å². The number of carbonyl (C=O) groups excluding carboxylic acids is 2. The van der Waals surface area contributed by atoms with E-state index in [4.69, 9.17) is 26.1 Å². The zero-order valence-electron chi connectivity index (χ0n) is 23.0. The molecule has 0 spiro atoms. The standard InChI is InChI=1S/C28H27ClF2N6O4S/c1-4-41-27(38)19-23(15-7-10-37(11-8-15)18-13-33-22(14(2)34-18)28(39)40-3)35-25(26-32-9-12-42-26)36-24(19)16-5-6-17(30)21(31)20(16)29/h5-6,9,12-13,15,24H,4,7-8,10-11H2,1-3H3,(H,35,36). The van der Waals surface area contributed by atoms with E-state index in [1.165, 1.54) is 30.7 Å². The van der Waals surface area contributed by atoms with Gasteiger partial charge in [-0.1, -0.05) is 17.7 Å². The van der Waals surface area contributed by atoms with E-state index in [1.807, 2.05) is 4.90 Å². The van der Waals surface area contributed by atoms with E-state index in [1.54, 1.807) is 25.4 Å². The molecule has 2 aliphatic heterocycles. The van der Waals surface area contributed by atoms with Crippen LogP contribution in [0.2, 0.25) is 5.02 Å². The van der Waals surface area contributed by atoms with Gasteiger partial charge >= 0.3 is 11.9 Å². The molecule has 0 amide bonds. The van der Waals surface area contributed by atoms with Crippen LogP contribution in [0, 0.1) is 24.5 Å². The summed E-state index contributed by atoms with van der Waals surface area (Å²) in [6.07, 6.45) is 4.37. The Hall–Kier alpha value is -3.97. The molecule has 0 bridgehead atoms. The number of esters is 2. The van der Waals surface area contributed by atoms with Gasteiger partial charge in [-0.2, -0.15) is 0 Å². The predicted molar refractivity (Wildman–Crippen MR) is 153 cm³/mol. The molecule has 1 N–H and O–H groups in total. The van der Waals surface area contributed by atoms with Gasteiger partial charge in [0, 0.05) is 41.8 Å². The number of halogens is 3. The quantitative estimate of drug-likeness (QED) is 0.295. The highest BCUT2D eigenvalue weighted by Gasteiger charge is 2.38. The van der Waals surface area contributed by atoms with Gasteiger partial charge in [-0.25, -0.2) is 33.3 Å². The van der Waals surface area contributed by atoms with Crippen LogP contribution in [-0.4, -0.2) is 59.5 Å². The lowest BCUT2D eigenvalue weighted by molar-refractivity contribution is -0.139. The van der Waals surface area contributed by atoms with Crippen molar-refractivity contribution in [3.63, 3.8) is 0 Å². The first-order valence-corrected chi connectivity index (χ1v) is 14.4. The van der Waals surface area contributed by atoms with E-state index in [9.17, 15) is 18.4 Å². The summed E-state index contributed by atoms with van der Waals surface area (Å²) in [6.45, 7) is 4.62. The highest BCUT2D eigenvalue weighted by atomic mass is 35.5. The molecule has 0 saturated carbocycles. The van der Waals surface area contributed by atoms with Crippen LogP contribution in [0.1, 0.15) is 52.6 Å². The molecule has 2 aromatic heterocycles. The molecule has 1 unspecified atom stereocenters. The number of methoxy groups -OCH3 is 1. The molecule has 4 heterocycles. The minimum absolute atomic E-state index is 0.106. The number of amidine groups is 1. The third-order valence-electron chi connectivity index (χ3n) is 7.10. The van der Waals surface area contributed by atoms with Crippen LogP contribution in [0.4, 0.5) is 14.6 Å². The number of ether oxygens (including phenoxy) is 2. The van der Waals surface area contributed by atoms with Gasteiger partial charge in [-0.3, -0.25) is 4.99 Å². The third-order valence-corrected chi connectivity index (χ3v) is 8.27. The zero-order valence-corrected chi connectivity index (χ0v) is 24.6. The molecule has 1 aromatic carbocycles. The Morgan fingerprint density at radius 3 is 2.60 bits per heavy atom. The highest BCUT2D eigenvalue weighted by Crippen LogP contribution is 2.41. The van der Waals surface area contributed by atoms with Crippen LogP contribution in [0.3, 0.4) is 0 Å². The molecule has 3 aromatic rings. The lowest BCUT2D eigenvalue weighted by Crippen LogP contribution is -2.42. The largest absolute Gasteiger partial charge is 0.464 e. The summed E-state index contributed by atoms with van der Waals surface area (Å²) < 4.78 is 38.8. The molecule has 1 saturated heterocycles. The summed E-state index contributed by atoms with van der Waals surface area (Å²) in [7, 11) is 1.29. The van der Waals surface area contributed by atoms with Crippen molar-refractivity contribution in [3.8, 4) is 0 Å². The molecule has 220 valence electrons. The number of hydrogen-bond donors (Lipinski definition) is 1. The minimum atomic E-state index is -1.22. The van der Waals surface area contributed by atoms with Gasteiger partial charge in [0.2, 0.25) is 0 Å². The average molecular weight is 617 g/mol. The number of piperidine rings is 1. The summed E-state index contributed by atoms with van der Waals surface area (Å²) >= 11 is 7.63. The fraction of sp³-hybridized carbons (Fsp3) is 0.357. The average Bonchev–Trinajstić information content (AvgIpc) is 3.54. The van der Waals surface area contributed by atoms with Gasteiger partial charge < -0.3 is 19.7 Å². The van der Waals surface area contributed by atoms with Crippen molar-refractivity contribution in [2.24, 2.45) is 10.9 Å². The fourth-order valence-electron chi connectivity index (χ4n) is 5.06. The number of aliphatic imine (C=N–C) groups is 1. The van der Waals surface area contributed by atoms with Crippen LogP contribution in [0.25, 0.3) is 0 Å². The van der Waals surface area contributed by atoms with Crippen molar-refractivity contribution in [1.29, 1.82) is 0 Å². The normalized spacial score (nSPS) is 17.5. The number of rotatable bonds is 7. The lowest BCUT2D eigenvalue weighted by Gasteiger charge is -2.37. The summed E-state index contributed by atoms with van der Waals surface area (Å²) in [4.78, 5) is 45.3. The molecule has 0 aliphatic carbocycles. The van der Waals surface area contributed by atoms with Crippen LogP contribution >= 0.6 is 22.9 Å². The summed E-state index contributed by atoms with van der Waals surface area (Å²) in [5.74, 6) is -2.65. The number of carbonyl (C=O) groups is 2. The number of benzene rings is 1. The molecular formula is C28H27ClF2N6O4S. The smallest absolute Gasteiger partial charge is 0.358 e. The van der Waals surface area contributed by atoms with Crippen molar-refractivity contribution >= 4 is 46.5 Å². The van der Waals surface area contributed by atoms with Crippen molar-refractivity contribution in [3.05, 3.63) is 79.8 Å². The number of aromatic nitrogens is 3. The van der Waals surface area contributed by atoms with E-state index in [-0.39, 0.29) is 29.4 Å². The van der Waals surface area contributed by atoms with Gasteiger partial charge in [-0.05, 0) is 32.8 Å². The lowest BCUT2D eigenvalue weighted by atomic mass is 9.85. The van der Waals surface area contributed by atoms with Crippen molar-refractivity contribution in [1.82, 2.24) is 20.3 Å². The second-order valence-corrected chi connectivity index (χ2v) is 10.8. The predicted octanol–water partition coefficient (Wildman–Crippen LogP) is 4.78. The molecule has 1 fully saturated rings. The number of hydrogen-bond acceptors (Lipinski definition) is 11. The van der Waals surface area contributed by atoms with E-state index < -0.39 is 34.6 Å². The van der Waals surface area contributed by atoms with Crippen LogP contribution in [0.5, 0.6) is 0 Å². The molecule has 0 radical (unpaired) electrons.